The normalized spacial score (nSPS) is 15.3. The number of carbonyl (C=O) groups is 1. The molecule has 108 valence electrons. The maximum atomic E-state index is 14.1. The summed E-state index contributed by atoms with van der Waals surface area (Å²) in [5.41, 5.74) is 5.41. The van der Waals surface area contributed by atoms with Gasteiger partial charge < -0.3 is 15.5 Å². The zero-order valence-electron chi connectivity index (χ0n) is 11.0. The summed E-state index contributed by atoms with van der Waals surface area (Å²) in [6.45, 7) is 3.40. The molecule has 2 N–H and O–H groups in total. The fraction of sp³-hybridized carbons (Fsp3) is 0.385. The topological polar surface area (TPSA) is 49.6 Å². The summed E-state index contributed by atoms with van der Waals surface area (Å²) in [7, 11) is 0. The van der Waals surface area contributed by atoms with Crippen molar-refractivity contribution >= 4 is 28.8 Å². The second-order valence-electron chi connectivity index (χ2n) is 4.62. The minimum absolute atomic E-state index is 0.0138. The lowest BCUT2D eigenvalue weighted by atomic mass is 10.1. The quantitative estimate of drug-likeness (QED) is 0.836. The van der Waals surface area contributed by atoms with Crippen LogP contribution in [0.5, 0.6) is 0 Å². The number of amides is 1. The summed E-state index contributed by atoms with van der Waals surface area (Å²) >= 11 is 4.67. The number of hydrogen-bond donors (Lipinski definition) is 1. The van der Waals surface area contributed by atoms with Crippen molar-refractivity contribution in [1.29, 1.82) is 0 Å². The van der Waals surface area contributed by atoms with Crippen LogP contribution in [-0.2, 0) is 4.79 Å². The first-order chi connectivity index (χ1) is 9.41. The molecule has 1 aliphatic heterocycles. The van der Waals surface area contributed by atoms with E-state index < -0.39 is 11.6 Å². The summed E-state index contributed by atoms with van der Waals surface area (Å²) in [6, 6.07) is 2.85. The summed E-state index contributed by atoms with van der Waals surface area (Å²) in [5, 5.41) is 0. The van der Waals surface area contributed by atoms with Crippen molar-refractivity contribution in [3.8, 4) is 0 Å². The van der Waals surface area contributed by atoms with Gasteiger partial charge in [0.15, 0.2) is 11.6 Å². The number of halogens is 2. The Bertz CT molecular complexity index is 557. The number of nitrogens with zero attached hydrogens (tertiary/aromatic N) is 2. The fourth-order valence-corrected chi connectivity index (χ4v) is 2.39. The van der Waals surface area contributed by atoms with Gasteiger partial charge in [0.25, 0.3) is 0 Å². The van der Waals surface area contributed by atoms with E-state index in [1.807, 2.05) is 0 Å². The molecule has 0 spiro atoms. The highest BCUT2D eigenvalue weighted by Crippen LogP contribution is 2.25. The van der Waals surface area contributed by atoms with Gasteiger partial charge in [-0.25, -0.2) is 8.78 Å². The molecule has 0 bridgehead atoms. The first kappa shape index (κ1) is 14.6. The number of rotatable bonds is 2. The highest BCUT2D eigenvalue weighted by atomic mass is 32.1. The minimum Gasteiger partial charge on any atom is -0.389 e. The Morgan fingerprint density at radius 2 is 1.80 bits per heavy atom. The Balaban J connectivity index is 2.21. The van der Waals surface area contributed by atoms with E-state index in [4.69, 9.17) is 5.73 Å². The van der Waals surface area contributed by atoms with Gasteiger partial charge in [-0.1, -0.05) is 12.2 Å². The molecular weight excluding hydrogens is 284 g/mol. The molecule has 2 rings (SSSR count). The molecule has 4 nitrogen and oxygen atoms in total. The third kappa shape index (κ3) is 2.72. The average Bonchev–Trinajstić information content (AvgIpc) is 2.41. The van der Waals surface area contributed by atoms with Crippen LogP contribution in [0.25, 0.3) is 0 Å². The van der Waals surface area contributed by atoms with Crippen molar-refractivity contribution in [3.63, 3.8) is 0 Å². The number of anilines is 1. The summed E-state index contributed by atoms with van der Waals surface area (Å²) in [4.78, 5) is 14.4. The van der Waals surface area contributed by atoms with Crippen molar-refractivity contribution in [3.05, 3.63) is 29.3 Å². The molecule has 1 aliphatic rings. The highest BCUT2D eigenvalue weighted by Gasteiger charge is 2.23. The number of nitrogens with two attached hydrogens (primary N) is 1. The Labute approximate surface area is 121 Å². The predicted octanol–water partition coefficient (Wildman–Crippen LogP) is 1.27. The standard InChI is InChI=1S/C13H15F2N3OS/c1-8(19)17-4-6-18(7-5-17)10-3-2-9(13(16)20)11(14)12(10)15/h2-3H,4-7H2,1H3,(H2,16,20). The van der Waals surface area contributed by atoms with Gasteiger partial charge in [-0.2, -0.15) is 0 Å². The largest absolute Gasteiger partial charge is 0.389 e. The lowest BCUT2D eigenvalue weighted by molar-refractivity contribution is -0.129. The number of piperazine rings is 1. The van der Waals surface area contributed by atoms with Crippen LogP contribution in [-0.4, -0.2) is 42.0 Å². The lowest BCUT2D eigenvalue weighted by Gasteiger charge is -2.35. The number of hydrogen-bond acceptors (Lipinski definition) is 3. The van der Waals surface area contributed by atoms with Crippen molar-refractivity contribution < 1.29 is 13.6 Å². The van der Waals surface area contributed by atoms with E-state index in [0.29, 0.717) is 26.2 Å². The van der Waals surface area contributed by atoms with E-state index in [9.17, 15) is 13.6 Å². The van der Waals surface area contributed by atoms with Crippen molar-refractivity contribution in [2.24, 2.45) is 5.73 Å². The number of carbonyl (C=O) groups excluding carboxylic acids is 1. The average molecular weight is 299 g/mol. The van der Waals surface area contributed by atoms with Crippen LogP contribution in [0, 0.1) is 11.6 Å². The van der Waals surface area contributed by atoms with Crippen molar-refractivity contribution in [2.45, 2.75) is 6.92 Å². The molecule has 1 aromatic rings. The van der Waals surface area contributed by atoms with E-state index in [1.165, 1.54) is 19.1 Å². The first-order valence-corrected chi connectivity index (χ1v) is 6.61. The molecule has 0 radical (unpaired) electrons. The van der Waals surface area contributed by atoms with Gasteiger partial charge in [0.2, 0.25) is 5.91 Å². The molecule has 0 saturated carbocycles. The minimum atomic E-state index is -1.02. The highest BCUT2D eigenvalue weighted by molar-refractivity contribution is 7.80. The maximum absolute atomic E-state index is 14.1. The van der Waals surface area contributed by atoms with Crippen LogP contribution in [0.4, 0.5) is 14.5 Å². The van der Waals surface area contributed by atoms with Crippen molar-refractivity contribution in [2.75, 3.05) is 31.1 Å². The molecule has 0 aromatic heterocycles. The third-order valence-electron chi connectivity index (χ3n) is 3.39. The second-order valence-corrected chi connectivity index (χ2v) is 5.06. The zero-order chi connectivity index (χ0) is 14.9. The molecule has 0 atom stereocenters. The Kier molecular flexibility index (Phi) is 4.17. The summed E-state index contributed by atoms with van der Waals surface area (Å²) < 4.78 is 27.9. The molecule has 1 heterocycles. The van der Waals surface area contributed by atoms with Crippen LogP contribution in [0.3, 0.4) is 0 Å². The van der Waals surface area contributed by atoms with E-state index >= 15 is 0 Å². The molecule has 1 saturated heterocycles. The van der Waals surface area contributed by atoms with E-state index in [2.05, 4.69) is 12.2 Å². The van der Waals surface area contributed by atoms with Crippen LogP contribution in [0.1, 0.15) is 12.5 Å². The van der Waals surface area contributed by atoms with E-state index in [0.717, 1.165) is 0 Å². The smallest absolute Gasteiger partial charge is 0.219 e. The maximum Gasteiger partial charge on any atom is 0.219 e. The van der Waals surface area contributed by atoms with Gasteiger partial charge in [-0.3, -0.25) is 4.79 Å². The Morgan fingerprint density at radius 1 is 1.20 bits per heavy atom. The molecule has 0 unspecified atom stereocenters. The van der Waals surface area contributed by atoms with Gasteiger partial charge in [-0.05, 0) is 12.1 Å². The number of benzene rings is 1. The lowest BCUT2D eigenvalue weighted by Crippen LogP contribution is -2.48. The fourth-order valence-electron chi connectivity index (χ4n) is 2.24. The van der Waals surface area contributed by atoms with Gasteiger partial charge in [0.05, 0.1) is 5.69 Å². The van der Waals surface area contributed by atoms with Crippen LogP contribution >= 0.6 is 12.2 Å². The molecule has 7 heteroatoms. The summed E-state index contributed by atoms with van der Waals surface area (Å²) in [5.74, 6) is -1.99. The molecule has 1 amide bonds. The van der Waals surface area contributed by atoms with Gasteiger partial charge >= 0.3 is 0 Å². The third-order valence-corrected chi connectivity index (χ3v) is 3.61. The molecule has 1 aromatic carbocycles. The second kappa shape index (κ2) is 5.70. The molecular formula is C13H15F2N3OS. The monoisotopic (exact) mass is 299 g/mol. The molecule has 1 fully saturated rings. The van der Waals surface area contributed by atoms with Crippen LogP contribution in [0.15, 0.2) is 12.1 Å². The van der Waals surface area contributed by atoms with E-state index in [1.54, 1.807) is 9.80 Å². The van der Waals surface area contributed by atoms with Crippen LogP contribution < -0.4 is 10.6 Å². The Morgan fingerprint density at radius 3 is 2.30 bits per heavy atom. The van der Waals surface area contributed by atoms with Crippen LogP contribution in [0.2, 0.25) is 0 Å². The van der Waals surface area contributed by atoms with Gasteiger partial charge in [0, 0.05) is 38.7 Å². The van der Waals surface area contributed by atoms with E-state index in [-0.39, 0.29) is 22.1 Å². The zero-order valence-corrected chi connectivity index (χ0v) is 11.8. The van der Waals surface area contributed by atoms with Gasteiger partial charge in [0.1, 0.15) is 4.99 Å². The number of thiocarbonyl (C=S) groups is 1. The predicted molar refractivity (Wildman–Crippen MR) is 76.7 cm³/mol. The van der Waals surface area contributed by atoms with Gasteiger partial charge in [-0.15, -0.1) is 0 Å². The first-order valence-electron chi connectivity index (χ1n) is 6.20. The Hall–Kier alpha value is -1.76. The molecule has 20 heavy (non-hydrogen) atoms. The summed E-state index contributed by atoms with van der Waals surface area (Å²) in [6.07, 6.45) is 0. The molecule has 0 aliphatic carbocycles. The van der Waals surface area contributed by atoms with Crippen molar-refractivity contribution in [1.82, 2.24) is 4.90 Å². The SMILES string of the molecule is CC(=O)N1CCN(c2ccc(C(N)=S)c(F)c2F)CC1.